The van der Waals surface area contributed by atoms with Crippen molar-refractivity contribution in [3.05, 3.63) is 0 Å². The molecule has 0 spiro atoms. The molecule has 17 heavy (non-hydrogen) atoms. The van der Waals surface area contributed by atoms with E-state index in [0.717, 1.165) is 18.4 Å². The van der Waals surface area contributed by atoms with Crippen molar-refractivity contribution in [2.24, 2.45) is 16.8 Å². The van der Waals surface area contributed by atoms with E-state index in [1.807, 2.05) is 0 Å². The molecule has 2 atom stereocenters. The van der Waals surface area contributed by atoms with Crippen LogP contribution in [-0.4, -0.2) is 13.3 Å². The Kier molecular flexibility index (Phi) is 11.9. The van der Waals surface area contributed by atoms with Gasteiger partial charge in [0.15, 0.2) is 0 Å². The van der Waals surface area contributed by atoms with Crippen molar-refractivity contribution in [1.29, 1.82) is 0 Å². The molecule has 0 aliphatic carbocycles. The van der Waals surface area contributed by atoms with Gasteiger partial charge in [0.1, 0.15) is 0 Å². The minimum atomic E-state index is 0.948. The smallest absolute Gasteiger partial charge is 0.0382 e. The zero-order chi connectivity index (χ0) is 12.9. The summed E-state index contributed by atoms with van der Waals surface area (Å²) in [5, 5.41) is 0. The van der Waals surface area contributed by atoms with Gasteiger partial charge >= 0.3 is 0 Å². The van der Waals surface area contributed by atoms with E-state index in [2.05, 4.69) is 32.5 Å². The summed E-state index contributed by atoms with van der Waals surface area (Å²) in [5.74, 6) is 1.93. The Morgan fingerprint density at radius 1 is 0.824 bits per heavy atom. The van der Waals surface area contributed by atoms with Crippen molar-refractivity contribution in [3.63, 3.8) is 0 Å². The minimum Gasteiger partial charge on any atom is -0.301 e. The van der Waals surface area contributed by atoms with Crippen LogP contribution in [-0.2, 0) is 0 Å². The molecule has 0 aromatic rings. The van der Waals surface area contributed by atoms with E-state index in [4.69, 9.17) is 0 Å². The Bertz CT molecular complexity index is 165. The standard InChI is InChI=1S/C16H33N/c1-5-8-12-15(6-2)16(7-3)13-10-9-11-14-17-4/h15-16H,4-14H2,1-3H3. The maximum Gasteiger partial charge on any atom is 0.0382 e. The molecular formula is C16H33N. The Morgan fingerprint density at radius 3 is 1.88 bits per heavy atom. The van der Waals surface area contributed by atoms with Crippen molar-refractivity contribution < 1.29 is 0 Å². The van der Waals surface area contributed by atoms with E-state index >= 15 is 0 Å². The summed E-state index contributed by atoms with van der Waals surface area (Å²) in [6.07, 6.45) is 12.3. The van der Waals surface area contributed by atoms with Gasteiger partial charge in [0.2, 0.25) is 0 Å². The second-order valence-electron chi connectivity index (χ2n) is 5.28. The summed E-state index contributed by atoms with van der Waals surface area (Å²) >= 11 is 0. The molecule has 2 unspecified atom stereocenters. The molecule has 0 bridgehead atoms. The van der Waals surface area contributed by atoms with Gasteiger partial charge < -0.3 is 4.99 Å². The van der Waals surface area contributed by atoms with Crippen LogP contribution in [0.2, 0.25) is 0 Å². The van der Waals surface area contributed by atoms with Gasteiger partial charge in [0.05, 0.1) is 0 Å². The lowest BCUT2D eigenvalue weighted by Gasteiger charge is -2.25. The highest BCUT2D eigenvalue weighted by atomic mass is 14.7. The van der Waals surface area contributed by atoms with E-state index < -0.39 is 0 Å². The summed E-state index contributed by atoms with van der Waals surface area (Å²) in [6.45, 7) is 11.5. The molecule has 0 heterocycles. The fourth-order valence-electron chi connectivity index (χ4n) is 2.82. The van der Waals surface area contributed by atoms with Gasteiger partial charge in [0, 0.05) is 6.54 Å². The molecule has 0 amide bonds. The molecule has 0 rings (SSSR count). The highest BCUT2D eigenvalue weighted by molar-refractivity contribution is 5.22. The van der Waals surface area contributed by atoms with Crippen LogP contribution in [0, 0.1) is 11.8 Å². The zero-order valence-corrected chi connectivity index (χ0v) is 12.4. The highest BCUT2D eigenvalue weighted by Crippen LogP contribution is 2.29. The lowest BCUT2D eigenvalue weighted by atomic mass is 9.81. The quantitative estimate of drug-likeness (QED) is 0.315. The maximum absolute atomic E-state index is 3.91. The Labute approximate surface area is 109 Å². The normalized spacial score (nSPS) is 14.5. The molecule has 1 heteroatoms. The Balaban J connectivity index is 3.80. The molecule has 0 radical (unpaired) electrons. The fraction of sp³-hybridized carbons (Fsp3) is 0.938. The van der Waals surface area contributed by atoms with Crippen LogP contribution in [0.4, 0.5) is 0 Å². The first-order chi connectivity index (χ1) is 8.29. The van der Waals surface area contributed by atoms with Crippen molar-refractivity contribution in [1.82, 2.24) is 0 Å². The first kappa shape index (κ1) is 16.7. The summed E-state index contributed by atoms with van der Waals surface area (Å²) in [4.78, 5) is 3.91. The van der Waals surface area contributed by atoms with Gasteiger partial charge in [-0.2, -0.15) is 0 Å². The average molecular weight is 239 g/mol. The molecule has 0 saturated heterocycles. The number of unbranched alkanes of at least 4 members (excludes halogenated alkanes) is 3. The van der Waals surface area contributed by atoms with E-state index in [9.17, 15) is 0 Å². The van der Waals surface area contributed by atoms with E-state index in [1.165, 1.54) is 57.8 Å². The second kappa shape index (κ2) is 12.1. The largest absolute Gasteiger partial charge is 0.301 e. The molecule has 102 valence electrons. The number of hydrogen-bond acceptors (Lipinski definition) is 1. The van der Waals surface area contributed by atoms with Crippen LogP contribution in [0.25, 0.3) is 0 Å². The predicted octanol–water partition coefficient (Wildman–Crippen LogP) is 5.49. The van der Waals surface area contributed by atoms with Gasteiger partial charge in [-0.05, 0) is 25.0 Å². The number of aliphatic imine (C=N–C) groups is 1. The molecule has 0 aromatic carbocycles. The summed E-state index contributed by atoms with van der Waals surface area (Å²) < 4.78 is 0. The van der Waals surface area contributed by atoms with Gasteiger partial charge in [0.25, 0.3) is 0 Å². The summed E-state index contributed by atoms with van der Waals surface area (Å²) in [6, 6.07) is 0. The van der Waals surface area contributed by atoms with Crippen LogP contribution >= 0.6 is 0 Å². The number of nitrogens with zero attached hydrogens (tertiary/aromatic N) is 1. The lowest BCUT2D eigenvalue weighted by Crippen LogP contribution is -2.13. The molecule has 0 aliphatic rings. The molecule has 1 nitrogen and oxygen atoms in total. The molecule has 0 fully saturated rings. The summed E-state index contributed by atoms with van der Waals surface area (Å²) in [7, 11) is 0. The van der Waals surface area contributed by atoms with Gasteiger partial charge in [-0.3, -0.25) is 0 Å². The van der Waals surface area contributed by atoms with Crippen molar-refractivity contribution in [2.45, 2.75) is 78.6 Å². The lowest BCUT2D eigenvalue weighted by molar-refractivity contribution is 0.265. The van der Waals surface area contributed by atoms with Crippen LogP contribution in [0.15, 0.2) is 4.99 Å². The van der Waals surface area contributed by atoms with E-state index in [1.54, 1.807) is 0 Å². The average Bonchev–Trinajstić information content (AvgIpc) is 2.36. The number of rotatable bonds is 12. The van der Waals surface area contributed by atoms with Gasteiger partial charge in [-0.25, -0.2) is 0 Å². The first-order valence-electron chi connectivity index (χ1n) is 7.72. The van der Waals surface area contributed by atoms with Crippen molar-refractivity contribution in [2.75, 3.05) is 6.54 Å². The first-order valence-corrected chi connectivity index (χ1v) is 7.72. The third kappa shape index (κ3) is 8.40. The third-order valence-electron chi connectivity index (χ3n) is 4.04. The topological polar surface area (TPSA) is 12.4 Å². The Morgan fingerprint density at radius 2 is 1.41 bits per heavy atom. The molecule has 0 aromatic heterocycles. The van der Waals surface area contributed by atoms with E-state index in [0.29, 0.717) is 0 Å². The third-order valence-corrected chi connectivity index (χ3v) is 4.04. The van der Waals surface area contributed by atoms with Crippen LogP contribution in [0.3, 0.4) is 0 Å². The van der Waals surface area contributed by atoms with Gasteiger partial charge in [-0.15, -0.1) is 0 Å². The monoisotopic (exact) mass is 239 g/mol. The van der Waals surface area contributed by atoms with Crippen LogP contribution < -0.4 is 0 Å². The SMILES string of the molecule is C=NCCCCCC(CC)C(CC)CCCC. The predicted molar refractivity (Wildman–Crippen MR) is 80.0 cm³/mol. The van der Waals surface area contributed by atoms with Crippen molar-refractivity contribution in [3.8, 4) is 0 Å². The number of hydrogen-bond donors (Lipinski definition) is 0. The van der Waals surface area contributed by atoms with E-state index in [-0.39, 0.29) is 0 Å². The minimum absolute atomic E-state index is 0.948. The molecular weight excluding hydrogens is 206 g/mol. The summed E-state index contributed by atoms with van der Waals surface area (Å²) in [5.41, 5.74) is 0. The molecule has 0 aliphatic heterocycles. The molecule has 0 N–H and O–H groups in total. The van der Waals surface area contributed by atoms with Gasteiger partial charge in [-0.1, -0.05) is 72.1 Å². The van der Waals surface area contributed by atoms with Crippen LogP contribution in [0.1, 0.15) is 78.6 Å². The zero-order valence-electron chi connectivity index (χ0n) is 12.4. The van der Waals surface area contributed by atoms with Crippen LogP contribution in [0.5, 0.6) is 0 Å². The maximum atomic E-state index is 3.91. The molecule has 0 saturated carbocycles. The van der Waals surface area contributed by atoms with Crippen molar-refractivity contribution >= 4 is 6.72 Å². The Hall–Kier alpha value is -0.330. The fourth-order valence-corrected chi connectivity index (χ4v) is 2.82. The second-order valence-corrected chi connectivity index (χ2v) is 5.28. The highest BCUT2D eigenvalue weighted by Gasteiger charge is 2.17.